The molecule has 0 bridgehead atoms. The third-order valence-corrected chi connectivity index (χ3v) is 11.9. The Labute approximate surface area is 206 Å². The van der Waals surface area contributed by atoms with Crippen LogP contribution in [0.5, 0.6) is 0 Å². The van der Waals surface area contributed by atoms with Crippen LogP contribution in [-0.4, -0.2) is 47.1 Å². The van der Waals surface area contributed by atoms with Gasteiger partial charge >= 0.3 is 0 Å². The normalized spacial score (nSPS) is 52.4. The maximum atomic E-state index is 12.5. The van der Waals surface area contributed by atoms with Crippen molar-refractivity contribution in [2.45, 2.75) is 103 Å². The number of likely N-dealkylation sites (tertiary alicyclic amines) is 1. The molecule has 0 unspecified atom stereocenters. The molecule has 5 fully saturated rings. The number of carbonyl (C=O) groups is 1. The fourth-order valence-corrected chi connectivity index (χ4v) is 10.3. The number of fused-ring (bicyclic) bond motifs is 6. The van der Waals surface area contributed by atoms with Gasteiger partial charge in [-0.2, -0.15) is 0 Å². The number of allylic oxidation sites excluding steroid dienone is 2. The van der Waals surface area contributed by atoms with E-state index in [1.165, 1.54) is 45.1 Å². The lowest BCUT2D eigenvalue weighted by Crippen LogP contribution is -2.49. The molecule has 6 aliphatic rings. The highest BCUT2D eigenvalue weighted by atomic mass is 16.5. The molecular weight excluding hydrogens is 422 g/mol. The van der Waals surface area contributed by atoms with Gasteiger partial charge in [0.15, 0.2) is 5.78 Å². The van der Waals surface area contributed by atoms with Gasteiger partial charge in [-0.1, -0.05) is 31.9 Å². The second kappa shape index (κ2) is 7.93. The lowest BCUT2D eigenvalue weighted by Gasteiger charge is -2.52. The summed E-state index contributed by atoms with van der Waals surface area (Å²) in [6.07, 6.45) is 11.3. The molecule has 1 N–H and O–H groups in total. The Morgan fingerprint density at radius 3 is 2.71 bits per heavy atom. The van der Waals surface area contributed by atoms with Crippen molar-refractivity contribution in [3.63, 3.8) is 0 Å². The molecule has 1 spiro atoms. The Morgan fingerprint density at radius 2 is 1.94 bits per heavy atom. The molecule has 188 valence electrons. The smallest absolute Gasteiger partial charge is 0.162 e. The summed E-state index contributed by atoms with van der Waals surface area (Å²) in [5, 5.41) is 9.75. The summed E-state index contributed by atoms with van der Waals surface area (Å²) in [6.45, 7) is 10.9. The van der Waals surface area contributed by atoms with E-state index in [0.717, 1.165) is 30.9 Å². The van der Waals surface area contributed by atoms with Gasteiger partial charge in [-0.25, -0.2) is 0 Å². The van der Waals surface area contributed by atoms with Crippen LogP contribution in [0.15, 0.2) is 23.0 Å². The zero-order valence-corrected chi connectivity index (χ0v) is 22.0. The van der Waals surface area contributed by atoms with Crippen LogP contribution in [0.1, 0.15) is 85.5 Å². The highest BCUT2D eigenvalue weighted by Gasteiger charge is 2.60. The van der Waals surface area contributed by atoms with Gasteiger partial charge in [0.25, 0.3) is 0 Å². The van der Waals surface area contributed by atoms with Crippen molar-refractivity contribution in [2.24, 2.45) is 40.9 Å². The monoisotopic (exact) mass is 467 g/mol. The van der Waals surface area contributed by atoms with Crippen LogP contribution in [0, 0.1) is 40.9 Å². The van der Waals surface area contributed by atoms with Gasteiger partial charge in [-0.05, 0) is 100 Å². The molecule has 4 aliphatic carbocycles. The topological polar surface area (TPSA) is 49.8 Å². The van der Waals surface area contributed by atoms with Gasteiger partial charge in [0.2, 0.25) is 0 Å². The van der Waals surface area contributed by atoms with Crippen LogP contribution in [0.25, 0.3) is 0 Å². The first-order valence-corrected chi connectivity index (χ1v) is 14.1. The number of ether oxygens (including phenoxy) is 1. The lowest BCUT2D eigenvalue weighted by molar-refractivity contribution is -0.124. The molecule has 0 amide bonds. The van der Waals surface area contributed by atoms with Crippen LogP contribution in [0.3, 0.4) is 0 Å². The minimum Gasteiger partial charge on any atom is -0.515 e. The predicted octanol–water partition coefficient (Wildman–Crippen LogP) is 6.07. The van der Waals surface area contributed by atoms with Crippen LogP contribution in [0.4, 0.5) is 0 Å². The summed E-state index contributed by atoms with van der Waals surface area (Å²) in [5.74, 6) is 4.03. The number of hydrogen-bond acceptors (Lipinski definition) is 4. The van der Waals surface area contributed by atoms with E-state index in [1.807, 2.05) is 0 Å². The summed E-state index contributed by atoms with van der Waals surface area (Å²) in [7, 11) is 2.32. The summed E-state index contributed by atoms with van der Waals surface area (Å²) >= 11 is 0. The molecule has 0 aromatic heterocycles. The maximum absolute atomic E-state index is 12.5. The van der Waals surface area contributed by atoms with Crippen molar-refractivity contribution in [3.05, 3.63) is 23.0 Å². The summed E-state index contributed by atoms with van der Waals surface area (Å²) in [4.78, 5) is 15.1. The summed E-state index contributed by atoms with van der Waals surface area (Å²) in [6, 6.07) is 0.567. The van der Waals surface area contributed by atoms with Crippen LogP contribution in [-0.2, 0) is 9.53 Å². The summed E-state index contributed by atoms with van der Waals surface area (Å²) in [5.41, 5.74) is 4.18. The minimum atomic E-state index is 0.00965. The molecule has 4 heteroatoms. The van der Waals surface area contributed by atoms with Crippen molar-refractivity contribution in [3.8, 4) is 0 Å². The van der Waals surface area contributed by atoms with E-state index in [4.69, 9.17) is 4.74 Å². The molecule has 0 radical (unpaired) electrons. The minimum absolute atomic E-state index is 0.00965. The van der Waals surface area contributed by atoms with E-state index >= 15 is 0 Å². The number of nitrogens with zero attached hydrogens (tertiary/aromatic N) is 1. The van der Waals surface area contributed by atoms with Crippen LogP contribution >= 0.6 is 0 Å². The first-order chi connectivity index (χ1) is 16.2. The maximum Gasteiger partial charge on any atom is 0.162 e. The third kappa shape index (κ3) is 3.19. The van der Waals surface area contributed by atoms with Crippen molar-refractivity contribution in [1.82, 2.24) is 4.90 Å². The molecule has 4 nitrogen and oxygen atoms in total. The van der Waals surface area contributed by atoms with Gasteiger partial charge in [-0.15, -0.1) is 0 Å². The number of Topliss-reactive ketones (excluding diaryl/α,β-unsaturated/α-hetero) is 1. The predicted molar refractivity (Wildman–Crippen MR) is 134 cm³/mol. The van der Waals surface area contributed by atoms with Crippen LogP contribution in [0.2, 0.25) is 0 Å². The zero-order chi connectivity index (χ0) is 24.0. The van der Waals surface area contributed by atoms with Gasteiger partial charge in [0.05, 0.1) is 18.0 Å². The van der Waals surface area contributed by atoms with Crippen molar-refractivity contribution in [1.29, 1.82) is 0 Å². The molecule has 10 atom stereocenters. The average molecular weight is 468 g/mol. The Hall–Kier alpha value is -1.13. The number of likely N-dealkylation sites (N-methyl/N-ethyl adjacent to an activating group) is 1. The molecule has 2 aliphatic heterocycles. The van der Waals surface area contributed by atoms with Crippen molar-refractivity contribution < 1.29 is 14.6 Å². The molecule has 0 aromatic rings. The molecule has 6 rings (SSSR count). The molecule has 2 heterocycles. The Morgan fingerprint density at radius 1 is 1.15 bits per heavy atom. The standard InChI is InChI=1S/C30H45NO3/c1-17-10-27-28(31(5)15-17)19(3)30(34-27)9-8-22-23-7-6-21-11-26(33)20(16-32)14-29(21,4)25(23)12-24(22)18(2)13-30/h16-17,19,21-23,25,27-28,32H,6-15H2,1-5H3/b20-16-/t17-,19+,21+,22-,23-,25-,27+,28-,29-,30-/m0/s1. The highest BCUT2D eigenvalue weighted by Crippen LogP contribution is 2.65. The fraction of sp³-hybridized carbons (Fsp3) is 0.833. The number of aliphatic hydroxyl groups is 1. The molecular formula is C30H45NO3. The largest absolute Gasteiger partial charge is 0.515 e. The van der Waals surface area contributed by atoms with E-state index in [2.05, 4.69) is 39.6 Å². The number of ketones is 1. The molecule has 34 heavy (non-hydrogen) atoms. The van der Waals surface area contributed by atoms with Crippen LogP contribution < -0.4 is 0 Å². The van der Waals surface area contributed by atoms with E-state index in [9.17, 15) is 9.90 Å². The van der Waals surface area contributed by atoms with Crippen molar-refractivity contribution in [2.75, 3.05) is 13.6 Å². The number of aliphatic hydroxyl groups excluding tert-OH is 1. The van der Waals surface area contributed by atoms with Gasteiger partial charge in [-0.3, -0.25) is 4.79 Å². The number of hydrogen-bond donors (Lipinski definition) is 1. The first-order valence-electron chi connectivity index (χ1n) is 14.1. The molecule has 0 aromatic carbocycles. The zero-order valence-electron chi connectivity index (χ0n) is 22.0. The quantitative estimate of drug-likeness (QED) is 0.267. The van der Waals surface area contributed by atoms with Gasteiger partial charge in [0, 0.05) is 30.5 Å². The highest BCUT2D eigenvalue weighted by molar-refractivity contribution is 5.96. The second-order valence-corrected chi connectivity index (χ2v) is 13.6. The fourth-order valence-electron chi connectivity index (χ4n) is 10.3. The SMILES string of the molecule is CC1=C2C[C@H]3[C@@H](CC[C@@H]4CC(=O)/C(=C\O)C[C@@]43C)[C@@H]2CC[C@@]2(C1)O[C@@H]1C[C@H](C)CN(C)[C@H]1[C@H]2C. The second-order valence-electron chi connectivity index (χ2n) is 13.6. The Kier molecular flexibility index (Phi) is 5.43. The number of carbonyl (C=O) groups excluding carboxylic acids is 1. The van der Waals surface area contributed by atoms with E-state index < -0.39 is 0 Å². The van der Waals surface area contributed by atoms with E-state index in [0.29, 0.717) is 47.8 Å². The van der Waals surface area contributed by atoms with Gasteiger partial charge < -0.3 is 14.7 Å². The summed E-state index contributed by atoms with van der Waals surface area (Å²) < 4.78 is 7.10. The van der Waals surface area contributed by atoms with Gasteiger partial charge in [0.1, 0.15) is 0 Å². The lowest BCUT2D eigenvalue weighted by atomic mass is 9.51. The molecule has 2 saturated heterocycles. The first kappa shape index (κ1) is 23.3. The van der Waals surface area contributed by atoms with E-state index in [1.54, 1.807) is 11.1 Å². The number of rotatable bonds is 0. The number of piperidine rings is 1. The molecule has 3 saturated carbocycles. The Balaban J connectivity index is 1.29. The van der Waals surface area contributed by atoms with E-state index in [-0.39, 0.29) is 16.8 Å². The average Bonchev–Trinajstić information content (AvgIpc) is 3.24. The Bertz CT molecular complexity index is 937. The van der Waals surface area contributed by atoms with Crippen molar-refractivity contribution >= 4 is 5.78 Å². The third-order valence-electron chi connectivity index (χ3n) is 11.9.